The Morgan fingerprint density at radius 1 is 1.21 bits per heavy atom. The van der Waals surface area contributed by atoms with Crippen LogP contribution in [0.1, 0.15) is 36.3 Å². The van der Waals surface area contributed by atoms with Crippen LogP contribution < -0.4 is 5.32 Å². The fourth-order valence-electron chi connectivity index (χ4n) is 4.00. The maximum absolute atomic E-state index is 3.62. The maximum atomic E-state index is 3.62. The molecule has 1 aromatic rings. The van der Waals surface area contributed by atoms with E-state index in [1.807, 2.05) is 0 Å². The SMILES string of the molecule is Cc1cccc(C2CNCCC23CCN(C)CC3)c1. The zero-order valence-corrected chi connectivity index (χ0v) is 12.3. The Kier molecular flexibility index (Phi) is 3.64. The van der Waals surface area contributed by atoms with Crippen molar-refractivity contribution in [3.05, 3.63) is 35.4 Å². The molecule has 0 radical (unpaired) electrons. The Labute approximate surface area is 117 Å². The van der Waals surface area contributed by atoms with E-state index >= 15 is 0 Å². The summed E-state index contributed by atoms with van der Waals surface area (Å²) in [5.41, 5.74) is 3.49. The first-order valence-corrected chi connectivity index (χ1v) is 7.65. The van der Waals surface area contributed by atoms with Gasteiger partial charge in [0, 0.05) is 12.5 Å². The highest BCUT2D eigenvalue weighted by Gasteiger charge is 2.42. The molecule has 0 aliphatic carbocycles. The summed E-state index contributed by atoms with van der Waals surface area (Å²) < 4.78 is 0. The molecule has 2 fully saturated rings. The van der Waals surface area contributed by atoms with E-state index in [-0.39, 0.29) is 0 Å². The highest BCUT2D eigenvalue weighted by molar-refractivity contribution is 5.28. The largest absolute Gasteiger partial charge is 0.316 e. The summed E-state index contributed by atoms with van der Waals surface area (Å²) >= 11 is 0. The van der Waals surface area contributed by atoms with Crippen LogP contribution in [0.15, 0.2) is 24.3 Å². The fourth-order valence-corrected chi connectivity index (χ4v) is 4.00. The number of piperidine rings is 2. The van der Waals surface area contributed by atoms with Crippen LogP contribution in [0.25, 0.3) is 0 Å². The van der Waals surface area contributed by atoms with Gasteiger partial charge in [-0.1, -0.05) is 29.8 Å². The molecule has 2 aliphatic heterocycles. The standard InChI is InChI=1S/C17H26N2/c1-14-4-3-5-15(12-14)16-13-18-9-6-17(16)7-10-19(2)11-8-17/h3-5,12,16,18H,6-11,13H2,1-2H3. The van der Waals surface area contributed by atoms with Crippen molar-refractivity contribution in [2.45, 2.75) is 32.1 Å². The first-order valence-electron chi connectivity index (χ1n) is 7.65. The Morgan fingerprint density at radius 3 is 2.74 bits per heavy atom. The van der Waals surface area contributed by atoms with Gasteiger partial charge >= 0.3 is 0 Å². The molecular weight excluding hydrogens is 232 g/mol. The van der Waals surface area contributed by atoms with E-state index in [0.29, 0.717) is 11.3 Å². The van der Waals surface area contributed by atoms with Gasteiger partial charge in [-0.05, 0) is 63.8 Å². The molecule has 1 spiro atoms. The lowest BCUT2D eigenvalue weighted by Gasteiger charge is -2.49. The molecular formula is C17H26N2. The van der Waals surface area contributed by atoms with Crippen molar-refractivity contribution in [1.82, 2.24) is 10.2 Å². The molecule has 0 aromatic heterocycles. The monoisotopic (exact) mass is 258 g/mol. The normalized spacial score (nSPS) is 27.6. The zero-order valence-electron chi connectivity index (χ0n) is 12.3. The Morgan fingerprint density at radius 2 is 2.00 bits per heavy atom. The first-order chi connectivity index (χ1) is 9.20. The van der Waals surface area contributed by atoms with Crippen molar-refractivity contribution in [3.63, 3.8) is 0 Å². The number of likely N-dealkylation sites (tertiary alicyclic amines) is 1. The number of rotatable bonds is 1. The average Bonchev–Trinajstić information content (AvgIpc) is 2.43. The third-order valence-corrected chi connectivity index (χ3v) is 5.31. The van der Waals surface area contributed by atoms with Gasteiger partial charge in [0.05, 0.1) is 0 Å². The van der Waals surface area contributed by atoms with Crippen LogP contribution in [0.5, 0.6) is 0 Å². The molecule has 2 nitrogen and oxygen atoms in total. The molecule has 19 heavy (non-hydrogen) atoms. The van der Waals surface area contributed by atoms with Gasteiger partial charge in [0.25, 0.3) is 0 Å². The van der Waals surface area contributed by atoms with E-state index < -0.39 is 0 Å². The van der Waals surface area contributed by atoms with Crippen molar-refractivity contribution in [1.29, 1.82) is 0 Å². The number of hydrogen-bond acceptors (Lipinski definition) is 2. The second-order valence-corrected chi connectivity index (χ2v) is 6.59. The lowest BCUT2D eigenvalue weighted by Crippen LogP contribution is -2.49. The lowest BCUT2D eigenvalue weighted by atomic mass is 9.62. The van der Waals surface area contributed by atoms with Gasteiger partial charge in [-0.2, -0.15) is 0 Å². The minimum Gasteiger partial charge on any atom is -0.316 e. The lowest BCUT2D eigenvalue weighted by molar-refractivity contribution is 0.0651. The average molecular weight is 258 g/mol. The van der Waals surface area contributed by atoms with Gasteiger partial charge in [-0.25, -0.2) is 0 Å². The molecule has 104 valence electrons. The van der Waals surface area contributed by atoms with Crippen LogP contribution in [-0.2, 0) is 0 Å². The van der Waals surface area contributed by atoms with Crippen LogP contribution in [0.4, 0.5) is 0 Å². The number of nitrogens with zero attached hydrogens (tertiary/aromatic N) is 1. The van der Waals surface area contributed by atoms with Crippen molar-refractivity contribution in [2.75, 3.05) is 33.2 Å². The van der Waals surface area contributed by atoms with E-state index in [1.165, 1.54) is 44.5 Å². The molecule has 0 amide bonds. The van der Waals surface area contributed by atoms with Crippen LogP contribution in [0, 0.1) is 12.3 Å². The predicted molar refractivity (Wildman–Crippen MR) is 80.6 cm³/mol. The summed E-state index contributed by atoms with van der Waals surface area (Å²) in [4.78, 5) is 2.49. The highest BCUT2D eigenvalue weighted by atomic mass is 15.1. The van der Waals surface area contributed by atoms with Gasteiger partial charge < -0.3 is 10.2 Å². The van der Waals surface area contributed by atoms with Crippen molar-refractivity contribution in [2.24, 2.45) is 5.41 Å². The summed E-state index contributed by atoms with van der Waals surface area (Å²) in [5, 5.41) is 3.62. The number of nitrogens with one attached hydrogen (secondary N) is 1. The molecule has 2 heteroatoms. The second-order valence-electron chi connectivity index (χ2n) is 6.59. The molecule has 1 aromatic carbocycles. The highest BCUT2D eigenvalue weighted by Crippen LogP contribution is 2.48. The first kappa shape index (κ1) is 13.1. The smallest absolute Gasteiger partial charge is 0.00255 e. The number of benzene rings is 1. The summed E-state index contributed by atoms with van der Waals surface area (Å²) in [6.07, 6.45) is 4.08. The maximum Gasteiger partial charge on any atom is 0.00255 e. The van der Waals surface area contributed by atoms with E-state index in [9.17, 15) is 0 Å². The van der Waals surface area contributed by atoms with Gasteiger partial charge in [-0.15, -0.1) is 0 Å². The van der Waals surface area contributed by atoms with Crippen LogP contribution in [0.2, 0.25) is 0 Å². The Bertz CT molecular complexity index is 433. The summed E-state index contributed by atoms with van der Waals surface area (Å²) in [5.74, 6) is 0.704. The van der Waals surface area contributed by atoms with E-state index in [4.69, 9.17) is 0 Å². The van der Waals surface area contributed by atoms with E-state index in [0.717, 1.165) is 6.54 Å². The molecule has 2 saturated heterocycles. The Balaban J connectivity index is 1.89. The summed E-state index contributed by atoms with van der Waals surface area (Å²) in [6, 6.07) is 9.17. The van der Waals surface area contributed by atoms with Gasteiger partial charge in [0.2, 0.25) is 0 Å². The van der Waals surface area contributed by atoms with Crippen LogP contribution >= 0.6 is 0 Å². The van der Waals surface area contributed by atoms with Crippen LogP contribution in [0.3, 0.4) is 0 Å². The second kappa shape index (κ2) is 5.26. The molecule has 3 rings (SSSR count). The number of aryl methyl sites for hydroxylation is 1. The third-order valence-electron chi connectivity index (χ3n) is 5.31. The summed E-state index contributed by atoms with van der Waals surface area (Å²) in [6.45, 7) is 7.10. The van der Waals surface area contributed by atoms with Gasteiger partial charge in [-0.3, -0.25) is 0 Å². The number of hydrogen-bond donors (Lipinski definition) is 1. The fraction of sp³-hybridized carbons (Fsp3) is 0.647. The minimum atomic E-state index is 0.547. The molecule has 0 saturated carbocycles. The zero-order chi connectivity index (χ0) is 13.3. The molecule has 2 heterocycles. The predicted octanol–water partition coefficient (Wildman–Crippen LogP) is 2.78. The van der Waals surface area contributed by atoms with Crippen LogP contribution in [-0.4, -0.2) is 38.1 Å². The quantitative estimate of drug-likeness (QED) is 0.833. The summed E-state index contributed by atoms with van der Waals surface area (Å²) in [7, 11) is 2.26. The molecule has 2 aliphatic rings. The van der Waals surface area contributed by atoms with E-state index in [1.54, 1.807) is 5.56 Å². The van der Waals surface area contributed by atoms with Gasteiger partial charge in [0.15, 0.2) is 0 Å². The van der Waals surface area contributed by atoms with Crippen molar-refractivity contribution >= 4 is 0 Å². The Hall–Kier alpha value is -0.860. The molecule has 1 N–H and O–H groups in total. The molecule has 1 unspecified atom stereocenters. The molecule has 1 atom stereocenters. The van der Waals surface area contributed by atoms with Crippen molar-refractivity contribution < 1.29 is 0 Å². The topological polar surface area (TPSA) is 15.3 Å². The third kappa shape index (κ3) is 2.56. The molecule has 0 bridgehead atoms. The van der Waals surface area contributed by atoms with Crippen molar-refractivity contribution in [3.8, 4) is 0 Å². The minimum absolute atomic E-state index is 0.547. The van der Waals surface area contributed by atoms with Gasteiger partial charge in [0.1, 0.15) is 0 Å². The van der Waals surface area contributed by atoms with E-state index in [2.05, 4.69) is 48.5 Å².